The van der Waals surface area contributed by atoms with Gasteiger partial charge >= 0.3 is 6.18 Å². The van der Waals surface area contributed by atoms with Crippen LogP contribution in [0.25, 0.3) is 34.2 Å². The third-order valence-corrected chi connectivity index (χ3v) is 5.02. The summed E-state index contributed by atoms with van der Waals surface area (Å²) in [7, 11) is 1.46. The van der Waals surface area contributed by atoms with Crippen molar-refractivity contribution < 1.29 is 22.3 Å². The summed E-state index contributed by atoms with van der Waals surface area (Å²) < 4.78 is 50.3. The van der Waals surface area contributed by atoms with Crippen LogP contribution in [-0.4, -0.2) is 33.6 Å². The zero-order valence-corrected chi connectivity index (χ0v) is 19.2. The molecule has 3 heterocycles. The van der Waals surface area contributed by atoms with Gasteiger partial charge < -0.3 is 20.2 Å². The van der Waals surface area contributed by atoms with Crippen LogP contribution >= 0.6 is 0 Å². The number of hydrogen-bond acceptors (Lipinski definition) is 8. The van der Waals surface area contributed by atoms with Crippen molar-refractivity contribution in [3.8, 4) is 39.9 Å². The second-order valence-electron chi connectivity index (χ2n) is 8.12. The third-order valence-electron chi connectivity index (χ3n) is 5.02. The van der Waals surface area contributed by atoms with E-state index in [9.17, 15) is 13.2 Å². The molecule has 0 amide bonds. The molecule has 0 atom stereocenters. The van der Waals surface area contributed by atoms with Gasteiger partial charge in [-0.05, 0) is 42.3 Å². The molecule has 0 saturated carbocycles. The van der Waals surface area contributed by atoms with E-state index in [1.165, 1.54) is 25.4 Å². The maximum Gasteiger partial charge on any atom is 0.416 e. The maximum atomic E-state index is 13.0. The molecule has 4 rings (SSSR count). The number of alkyl halides is 3. The first kappa shape index (κ1) is 24.0. The average molecular weight is 484 g/mol. The number of nitrogen functional groups attached to an aromatic ring is 1. The van der Waals surface area contributed by atoms with Crippen molar-refractivity contribution in [3.05, 3.63) is 54.4 Å². The Labute approximate surface area is 199 Å². The predicted octanol–water partition coefficient (Wildman–Crippen LogP) is 5.54. The van der Waals surface area contributed by atoms with E-state index in [1.54, 1.807) is 18.3 Å². The topological polar surface area (TPSA) is 112 Å². The number of hydrogen-bond donors (Lipinski definition) is 2. The smallest absolute Gasteiger partial charge is 0.416 e. The van der Waals surface area contributed by atoms with Crippen LogP contribution in [0.1, 0.15) is 19.4 Å². The van der Waals surface area contributed by atoms with Crippen molar-refractivity contribution in [2.45, 2.75) is 20.0 Å². The molecule has 0 radical (unpaired) electrons. The monoisotopic (exact) mass is 484 g/mol. The Morgan fingerprint density at radius 1 is 1.06 bits per heavy atom. The average Bonchev–Trinajstić information content (AvgIpc) is 3.28. The van der Waals surface area contributed by atoms with E-state index in [2.05, 4.69) is 39.1 Å². The fraction of sp³-hybridized carbons (Fsp3) is 0.250. The van der Waals surface area contributed by atoms with E-state index in [4.69, 9.17) is 14.9 Å². The van der Waals surface area contributed by atoms with Crippen LogP contribution < -0.4 is 15.8 Å². The Hall–Kier alpha value is -4.15. The molecule has 0 saturated heterocycles. The number of anilines is 2. The van der Waals surface area contributed by atoms with Gasteiger partial charge in [-0.2, -0.15) is 13.2 Å². The van der Waals surface area contributed by atoms with Crippen LogP contribution in [0.4, 0.5) is 24.9 Å². The highest BCUT2D eigenvalue weighted by Crippen LogP contribution is 2.38. The summed E-state index contributed by atoms with van der Waals surface area (Å²) in [5, 5.41) is 3.16. The van der Waals surface area contributed by atoms with E-state index in [1.807, 2.05) is 0 Å². The molecule has 4 aromatic rings. The first-order valence-electron chi connectivity index (χ1n) is 10.7. The first-order valence-corrected chi connectivity index (χ1v) is 10.7. The molecule has 0 aliphatic rings. The van der Waals surface area contributed by atoms with Gasteiger partial charge in [-0.1, -0.05) is 13.8 Å². The van der Waals surface area contributed by atoms with Crippen molar-refractivity contribution in [2.24, 2.45) is 5.92 Å². The van der Waals surface area contributed by atoms with Crippen molar-refractivity contribution >= 4 is 11.8 Å². The summed E-state index contributed by atoms with van der Waals surface area (Å²) in [4.78, 5) is 17.5. The van der Waals surface area contributed by atoms with Crippen LogP contribution in [0.3, 0.4) is 0 Å². The first-order chi connectivity index (χ1) is 16.7. The Bertz CT molecular complexity index is 1320. The molecule has 0 fully saturated rings. The van der Waals surface area contributed by atoms with E-state index >= 15 is 0 Å². The molecule has 3 N–H and O–H groups in total. The fourth-order valence-corrected chi connectivity index (χ4v) is 3.23. The number of nitrogens with two attached hydrogens (primary N) is 1. The van der Waals surface area contributed by atoms with Crippen LogP contribution in [0.15, 0.2) is 53.2 Å². The molecule has 0 bridgehead atoms. The van der Waals surface area contributed by atoms with Crippen molar-refractivity contribution in [1.29, 1.82) is 0 Å². The lowest BCUT2D eigenvalue weighted by Crippen LogP contribution is -2.10. The number of nitrogens with zero attached hydrogens (tertiary/aromatic N) is 4. The lowest BCUT2D eigenvalue weighted by molar-refractivity contribution is -0.137. The number of ether oxygens (including phenoxy) is 1. The number of nitrogens with one attached hydrogen (secondary N) is 1. The van der Waals surface area contributed by atoms with Crippen molar-refractivity contribution in [3.63, 3.8) is 0 Å². The van der Waals surface area contributed by atoms with Gasteiger partial charge in [0.1, 0.15) is 11.4 Å². The normalized spacial score (nSPS) is 11.6. The lowest BCUT2D eigenvalue weighted by Gasteiger charge is -2.08. The van der Waals surface area contributed by atoms with Gasteiger partial charge in [0.2, 0.25) is 11.8 Å². The molecule has 8 nitrogen and oxygen atoms in total. The number of halogens is 3. The highest BCUT2D eigenvalue weighted by Gasteiger charge is 2.30. The summed E-state index contributed by atoms with van der Waals surface area (Å²) in [5.74, 6) is 1.74. The summed E-state index contributed by atoms with van der Waals surface area (Å²) in [6, 6.07) is 7.87. The minimum absolute atomic E-state index is 0.120. The number of pyridine rings is 1. The predicted molar refractivity (Wildman–Crippen MR) is 125 cm³/mol. The summed E-state index contributed by atoms with van der Waals surface area (Å²) in [5.41, 5.74) is 6.79. The standard InChI is InChI=1S/C24H23F3N6O2/c1-13(2)11-31-23-29-9-8-17(32-23)20-19(15-10-18(34-3)21(28)30-12-15)33-22(35-20)14-4-6-16(7-5-14)24(25,26)27/h4-10,12-13H,11H2,1-3H3,(H2,28,30)(H,29,31,32). The molecule has 0 unspecified atom stereocenters. The van der Waals surface area contributed by atoms with Gasteiger partial charge in [-0.25, -0.2) is 19.9 Å². The Morgan fingerprint density at radius 2 is 1.80 bits per heavy atom. The lowest BCUT2D eigenvalue weighted by atomic mass is 10.1. The van der Waals surface area contributed by atoms with Crippen LogP contribution in [0.5, 0.6) is 5.75 Å². The molecule has 1 aromatic carbocycles. The molecule has 182 valence electrons. The molecule has 11 heteroatoms. The minimum Gasteiger partial charge on any atom is -0.493 e. The van der Waals surface area contributed by atoms with E-state index in [-0.39, 0.29) is 11.7 Å². The van der Waals surface area contributed by atoms with Crippen molar-refractivity contribution in [2.75, 3.05) is 24.7 Å². The summed E-state index contributed by atoms with van der Waals surface area (Å²) in [6.07, 6.45) is -1.36. The summed E-state index contributed by atoms with van der Waals surface area (Å²) in [6.45, 7) is 4.79. The molecule has 0 aliphatic heterocycles. The Morgan fingerprint density at radius 3 is 2.46 bits per heavy atom. The largest absolute Gasteiger partial charge is 0.493 e. The molecule has 3 aromatic heterocycles. The SMILES string of the molecule is COc1cc(-c2nc(-c3ccc(C(F)(F)F)cc3)oc2-c2ccnc(NCC(C)C)n2)cnc1N. The molecular formula is C24H23F3N6O2. The van der Waals surface area contributed by atoms with Crippen LogP contribution in [-0.2, 0) is 6.18 Å². The van der Waals surface area contributed by atoms with Crippen molar-refractivity contribution in [1.82, 2.24) is 19.9 Å². The van der Waals surface area contributed by atoms with Gasteiger partial charge in [0, 0.05) is 30.1 Å². The van der Waals surface area contributed by atoms with Crippen LogP contribution in [0, 0.1) is 5.92 Å². The van der Waals surface area contributed by atoms with Gasteiger partial charge in [0.05, 0.1) is 12.7 Å². The number of benzene rings is 1. The maximum absolute atomic E-state index is 13.0. The summed E-state index contributed by atoms with van der Waals surface area (Å²) >= 11 is 0. The second kappa shape index (κ2) is 9.61. The minimum atomic E-state index is -4.45. The van der Waals surface area contributed by atoms with Gasteiger partial charge in [0.25, 0.3) is 0 Å². The number of aromatic nitrogens is 4. The number of methoxy groups -OCH3 is 1. The third kappa shape index (κ3) is 5.34. The fourth-order valence-electron chi connectivity index (χ4n) is 3.23. The molecular weight excluding hydrogens is 461 g/mol. The molecule has 35 heavy (non-hydrogen) atoms. The van der Waals surface area contributed by atoms with E-state index in [0.29, 0.717) is 52.4 Å². The van der Waals surface area contributed by atoms with E-state index in [0.717, 1.165) is 12.1 Å². The van der Waals surface area contributed by atoms with Gasteiger partial charge in [-0.15, -0.1) is 0 Å². The number of rotatable bonds is 7. The second-order valence-corrected chi connectivity index (χ2v) is 8.12. The van der Waals surface area contributed by atoms with Gasteiger partial charge in [-0.3, -0.25) is 0 Å². The van der Waals surface area contributed by atoms with Crippen LogP contribution in [0.2, 0.25) is 0 Å². The van der Waals surface area contributed by atoms with E-state index < -0.39 is 11.7 Å². The van der Waals surface area contributed by atoms with Gasteiger partial charge in [0.15, 0.2) is 17.3 Å². The highest BCUT2D eigenvalue weighted by atomic mass is 19.4. The zero-order valence-electron chi connectivity index (χ0n) is 19.2. The molecule has 0 spiro atoms. The highest BCUT2D eigenvalue weighted by molar-refractivity contribution is 5.78. The Kier molecular flexibility index (Phi) is 6.59. The quantitative estimate of drug-likeness (QED) is 0.352. The number of oxazole rings is 1. The Balaban J connectivity index is 1.82. The molecule has 0 aliphatic carbocycles. The zero-order chi connectivity index (χ0) is 25.2.